The van der Waals surface area contributed by atoms with Crippen molar-refractivity contribution in [3.05, 3.63) is 47.8 Å². The van der Waals surface area contributed by atoms with Crippen LogP contribution in [-0.4, -0.2) is 64.2 Å². The monoisotopic (exact) mass is 661 g/mol. The quantitative estimate of drug-likeness (QED) is 0.229. The van der Waals surface area contributed by atoms with E-state index in [2.05, 4.69) is 72.1 Å². The minimum atomic E-state index is -1.65. The first-order valence-corrected chi connectivity index (χ1v) is 21.1. The molecule has 1 saturated heterocycles. The summed E-state index contributed by atoms with van der Waals surface area (Å²) < 4.78 is 23.6. The molecule has 1 saturated carbocycles. The number of aromatic nitrogens is 5. The molecule has 256 valence electrons. The maximum absolute atomic E-state index is 15.0. The van der Waals surface area contributed by atoms with Crippen molar-refractivity contribution in [2.75, 3.05) is 31.6 Å². The van der Waals surface area contributed by atoms with Gasteiger partial charge >= 0.3 is 0 Å². The number of hydrogen-bond donors (Lipinski definition) is 1. The Morgan fingerprint density at radius 3 is 2.36 bits per heavy atom. The molecule has 1 aliphatic carbocycles. The van der Waals surface area contributed by atoms with Gasteiger partial charge in [0, 0.05) is 31.5 Å². The van der Waals surface area contributed by atoms with E-state index in [1.165, 1.54) is 56.8 Å². The van der Waals surface area contributed by atoms with Crippen molar-refractivity contribution < 1.29 is 8.82 Å². The summed E-state index contributed by atoms with van der Waals surface area (Å²) in [6.07, 6.45) is 15.9. The van der Waals surface area contributed by atoms with Crippen molar-refractivity contribution >= 4 is 20.1 Å². The molecule has 1 atom stereocenters. The lowest BCUT2D eigenvalue weighted by atomic mass is 9.81. The Bertz CT molecular complexity index is 1470. The molecule has 0 unspecified atom stereocenters. The van der Waals surface area contributed by atoms with Crippen LogP contribution in [0.2, 0.25) is 18.1 Å². The Hall–Kier alpha value is -2.69. The third kappa shape index (κ3) is 8.13. The number of hydrogen-bond acceptors (Lipinski definition) is 7. The lowest BCUT2D eigenvalue weighted by Crippen LogP contribution is -2.42. The number of nitrogens with one attached hydrogen (secondary N) is 1. The third-order valence-electron chi connectivity index (χ3n) is 11.7. The lowest BCUT2D eigenvalue weighted by molar-refractivity contribution is 0.129. The number of halogens is 1. The maximum Gasteiger partial charge on any atom is 0.229 e. The molecule has 3 aromatic heterocycles. The molecule has 3 aromatic rings. The minimum Gasteiger partial charge on any atom is -0.417 e. The smallest absolute Gasteiger partial charge is 0.229 e. The van der Waals surface area contributed by atoms with E-state index in [0.29, 0.717) is 29.3 Å². The molecule has 0 radical (unpaired) electrons. The van der Waals surface area contributed by atoms with E-state index in [0.717, 1.165) is 68.6 Å². The lowest BCUT2D eigenvalue weighted by Gasteiger charge is -2.39. The van der Waals surface area contributed by atoms with Crippen LogP contribution in [0.5, 0.6) is 0 Å². The predicted octanol–water partition coefficient (Wildman–Crippen LogP) is 8.91. The van der Waals surface area contributed by atoms with E-state index < -0.39 is 14.1 Å². The zero-order valence-corrected chi connectivity index (χ0v) is 30.6. The van der Waals surface area contributed by atoms with Gasteiger partial charge in [0.1, 0.15) is 11.5 Å². The van der Waals surface area contributed by atoms with Crippen molar-refractivity contribution in [2.24, 2.45) is 11.8 Å². The number of nitrogens with zero attached hydrogens (tertiary/aromatic N) is 6. The first-order valence-electron chi connectivity index (χ1n) is 18.1. The Morgan fingerprint density at radius 1 is 0.915 bits per heavy atom. The first kappa shape index (κ1) is 34.2. The van der Waals surface area contributed by atoms with E-state index in [1.54, 1.807) is 6.20 Å². The van der Waals surface area contributed by atoms with E-state index in [-0.39, 0.29) is 5.04 Å². The van der Waals surface area contributed by atoms with Gasteiger partial charge in [-0.25, -0.2) is 19.3 Å². The van der Waals surface area contributed by atoms with Gasteiger partial charge in [0.05, 0.1) is 18.1 Å². The number of aryl methyl sites for hydroxylation is 1. The molecular formula is C37H56FN7OSi. The summed E-state index contributed by atoms with van der Waals surface area (Å²) in [7, 11) is -1.65. The van der Waals surface area contributed by atoms with E-state index in [9.17, 15) is 4.39 Å². The van der Waals surface area contributed by atoms with Crippen molar-refractivity contribution in [2.45, 2.75) is 122 Å². The second-order valence-electron chi connectivity index (χ2n) is 16.1. The van der Waals surface area contributed by atoms with E-state index in [1.807, 2.05) is 16.9 Å². The van der Waals surface area contributed by atoms with Crippen molar-refractivity contribution in [1.82, 2.24) is 29.6 Å². The number of pyridine rings is 1. The Kier molecular flexibility index (Phi) is 10.5. The largest absolute Gasteiger partial charge is 0.417 e. The second kappa shape index (κ2) is 14.4. The summed E-state index contributed by atoms with van der Waals surface area (Å²) in [5.41, 5.74) is 3.41. The average Bonchev–Trinajstić information content (AvgIpc) is 3.38. The van der Waals surface area contributed by atoms with Crippen LogP contribution >= 0.6 is 0 Å². The van der Waals surface area contributed by atoms with E-state index >= 15 is 0 Å². The van der Waals surface area contributed by atoms with Crippen molar-refractivity contribution in [1.29, 1.82) is 0 Å². The van der Waals surface area contributed by atoms with Gasteiger partial charge in [-0.2, -0.15) is 5.10 Å². The maximum atomic E-state index is 15.0. The normalized spacial score (nSPS) is 23.3. The molecule has 47 heavy (non-hydrogen) atoms. The van der Waals surface area contributed by atoms with Crippen LogP contribution in [0.15, 0.2) is 30.7 Å². The van der Waals surface area contributed by atoms with Crippen LogP contribution in [0.4, 0.5) is 16.2 Å². The standard InChI is InChI=1S/C37H56FN7OSi/c1-26-9-7-8-18-45-35(26)31(22-41-45)34-32(38)23-40-36(43-34)42-33-15-14-30(21-39-33)29-16-19-44(20-17-29)24-27-10-12-28(13-11-27)25-46-47(5,6)37(2,3)4/h14-15,21-23,26-29H,7-13,16-20,24-25H2,1-6H3,(H,39,40,42,43)/t26-,27?,28?/m1/s1. The van der Waals surface area contributed by atoms with Crippen molar-refractivity contribution in [3.8, 4) is 11.3 Å². The SMILES string of the molecule is C[C@@H]1CCCCn2ncc(-c3nc(Nc4ccc(C5CCN(CC6CCC(CO[Si](C)(C)C(C)(C)C)CC6)CC5)cn4)ncc3F)c21. The zero-order valence-electron chi connectivity index (χ0n) is 29.6. The van der Waals surface area contributed by atoms with Crippen LogP contribution < -0.4 is 5.32 Å². The van der Waals surface area contributed by atoms with Gasteiger partial charge in [0.25, 0.3) is 0 Å². The summed E-state index contributed by atoms with van der Waals surface area (Å²) in [6, 6.07) is 4.17. The van der Waals surface area contributed by atoms with Crippen LogP contribution in [0, 0.1) is 17.7 Å². The summed E-state index contributed by atoms with van der Waals surface area (Å²) in [6.45, 7) is 19.3. The van der Waals surface area contributed by atoms with Gasteiger partial charge in [0.15, 0.2) is 14.1 Å². The number of rotatable bonds is 9. The topological polar surface area (TPSA) is 81.0 Å². The van der Waals surface area contributed by atoms with Gasteiger partial charge in [0.2, 0.25) is 5.95 Å². The third-order valence-corrected chi connectivity index (χ3v) is 16.2. The minimum absolute atomic E-state index is 0.286. The van der Waals surface area contributed by atoms with Crippen LogP contribution in [0.1, 0.15) is 109 Å². The molecule has 0 bridgehead atoms. The van der Waals surface area contributed by atoms with Crippen LogP contribution in [0.25, 0.3) is 11.3 Å². The predicted molar refractivity (Wildman–Crippen MR) is 190 cm³/mol. The summed E-state index contributed by atoms with van der Waals surface area (Å²) in [5.74, 6) is 2.97. The number of anilines is 2. The summed E-state index contributed by atoms with van der Waals surface area (Å²) in [5, 5.41) is 8.05. The highest BCUT2D eigenvalue weighted by Gasteiger charge is 2.38. The van der Waals surface area contributed by atoms with Gasteiger partial charge in [-0.05, 0) is 118 Å². The highest BCUT2D eigenvalue weighted by molar-refractivity contribution is 6.74. The number of fused-ring (bicyclic) bond motifs is 1. The molecule has 0 spiro atoms. The average molecular weight is 662 g/mol. The molecule has 2 aliphatic heterocycles. The fourth-order valence-corrected chi connectivity index (χ4v) is 8.60. The van der Waals surface area contributed by atoms with Crippen molar-refractivity contribution in [3.63, 3.8) is 0 Å². The number of piperidine rings is 1. The molecule has 8 nitrogen and oxygen atoms in total. The van der Waals surface area contributed by atoms with Gasteiger partial charge in [-0.15, -0.1) is 0 Å². The zero-order chi connectivity index (χ0) is 33.2. The van der Waals surface area contributed by atoms with Gasteiger partial charge < -0.3 is 14.6 Å². The summed E-state index contributed by atoms with van der Waals surface area (Å²) in [4.78, 5) is 16.2. The second-order valence-corrected chi connectivity index (χ2v) is 20.9. The fraction of sp³-hybridized carbons (Fsp3) is 0.676. The molecule has 5 heterocycles. The highest BCUT2D eigenvalue weighted by Crippen LogP contribution is 2.39. The van der Waals surface area contributed by atoms with Gasteiger partial charge in [-0.1, -0.05) is 40.2 Å². The van der Waals surface area contributed by atoms with E-state index in [4.69, 9.17) is 9.41 Å². The molecule has 0 amide bonds. The van der Waals surface area contributed by atoms with Crippen LogP contribution in [-0.2, 0) is 11.0 Å². The molecule has 1 N–H and O–H groups in total. The number of likely N-dealkylation sites (tertiary alicyclic amines) is 1. The Morgan fingerprint density at radius 2 is 1.66 bits per heavy atom. The van der Waals surface area contributed by atoms with Gasteiger partial charge in [-0.3, -0.25) is 4.68 Å². The molecule has 0 aromatic carbocycles. The fourth-order valence-electron chi connectivity index (χ4n) is 7.51. The molecular weight excluding hydrogens is 606 g/mol. The molecule has 2 fully saturated rings. The van der Waals surface area contributed by atoms with Crippen LogP contribution in [0.3, 0.4) is 0 Å². The Balaban J connectivity index is 0.974. The molecule has 10 heteroatoms. The first-order chi connectivity index (χ1) is 22.5. The Labute approximate surface area is 282 Å². The molecule has 3 aliphatic rings. The highest BCUT2D eigenvalue weighted by atomic mass is 28.4. The molecule has 6 rings (SSSR count). The summed E-state index contributed by atoms with van der Waals surface area (Å²) >= 11 is 0.